The van der Waals surface area contributed by atoms with E-state index in [1.54, 1.807) is 42.8 Å². The number of carbonyl (C=O) groups excluding carboxylic acids is 1. The molecular weight excluding hydrogens is 398 g/mol. The molecule has 0 aliphatic rings. The standard InChI is InChI=1S/C16H13BrClN3O3/c17-11-3-4-15(13(18)8-11)24-10-21-6-5-14(20-21)16(22)19-9-12-2-1-7-23-12/h1-8H,9-10H2,(H,19,22). The van der Waals surface area contributed by atoms with Gasteiger partial charge in [0.05, 0.1) is 17.8 Å². The quantitative estimate of drug-likeness (QED) is 0.670. The molecule has 0 aliphatic heterocycles. The van der Waals surface area contributed by atoms with Crippen LogP contribution in [0.25, 0.3) is 0 Å². The van der Waals surface area contributed by atoms with Gasteiger partial charge in [-0.25, -0.2) is 4.68 Å². The molecule has 0 aliphatic carbocycles. The Labute approximate surface area is 151 Å². The third kappa shape index (κ3) is 4.18. The van der Waals surface area contributed by atoms with Crippen LogP contribution in [0.4, 0.5) is 0 Å². The largest absolute Gasteiger partial charge is 0.470 e. The summed E-state index contributed by atoms with van der Waals surface area (Å²) < 4.78 is 13.1. The molecule has 3 aromatic rings. The number of nitrogens with one attached hydrogen (secondary N) is 1. The van der Waals surface area contributed by atoms with Gasteiger partial charge >= 0.3 is 0 Å². The number of ether oxygens (including phenoxy) is 1. The fraction of sp³-hybridized carbons (Fsp3) is 0.125. The van der Waals surface area contributed by atoms with Crippen LogP contribution in [0.2, 0.25) is 5.02 Å². The molecule has 0 spiro atoms. The Morgan fingerprint density at radius 2 is 2.25 bits per heavy atom. The Bertz CT molecular complexity index is 833. The lowest BCUT2D eigenvalue weighted by molar-refractivity contribution is 0.0941. The van der Waals surface area contributed by atoms with Gasteiger partial charge in [-0.3, -0.25) is 4.79 Å². The van der Waals surface area contributed by atoms with Gasteiger partial charge in [0.1, 0.15) is 17.2 Å². The molecule has 0 atom stereocenters. The van der Waals surface area contributed by atoms with Crippen molar-refractivity contribution < 1.29 is 13.9 Å². The fourth-order valence-electron chi connectivity index (χ4n) is 1.95. The predicted molar refractivity (Wildman–Crippen MR) is 91.9 cm³/mol. The van der Waals surface area contributed by atoms with Crippen molar-refractivity contribution in [2.75, 3.05) is 0 Å². The van der Waals surface area contributed by atoms with Crippen molar-refractivity contribution in [2.45, 2.75) is 13.3 Å². The Morgan fingerprint density at radius 1 is 1.38 bits per heavy atom. The van der Waals surface area contributed by atoms with Crippen molar-refractivity contribution in [2.24, 2.45) is 0 Å². The lowest BCUT2D eigenvalue weighted by Gasteiger charge is -2.08. The van der Waals surface area contributed by atoms with Gasteiger partial charge in [-0.1, -0.05) is 27.5 Å². The van der Waals surface area contributed by atoms with E-state index in [1.165, 1.54) is 4.68 Å². The molecule has 0 fully saturated rings. The minimum Gasteiger partial charge on any atom is -0.470 e. The number of hydrogen-bond acceptors (Lipinski definition) is 4. The van der Waals surface area contributed by atoms with E-state index in [9.17, 15) is 4.79 Å². The van der Waals surface area contributed by atoms with Gasteiger partial charge in [-0.2, -0.15) is 5.10 Å². The third-order valence-corrected chi connectivity index (χ3v) is 3.91. The van der Waals surface area contributed by atoms with E-state index in [0.717, 1.165) is 4.47 Å². The Hall–Kier alpha value is -2.25. The maximum atomic E-state index is 12.0. The SMILES string of the molecule is O=C(NCc1ccco1)c1ccn(COc2ccc(Br)cc2Cl)n1. The van der Waals surface area contributed by atoms with E-state index in [1.807, 2.05) is 6.07 Å². The van der Waals surface area contributed by atoms with Gasteiger partial charge in [0, 0.05) is 10.7 Å². The number of rotatable bonds is 6. The summed E-state index contributed by atoms with van der Waals surface area (Å²) in [4.78, 5) is 12.0. The summed E-state index contributed by atoms with van der Waals surface area (Å²) in [7, 11) is 0. The van der Waals surface area contributed by atoms with E-state index < -0.39 is 0 Å². The predicted octanol–water partition coefficient (Wildman–Crippen LogP) is 3.86. The molecule has 6 nitrogen and oxygen atoms in total. The van der Waals surface area contributed by atoms with Gasteiger partial charge in [0.15, 0.2) is 6.73 Å². The van der Waals surface area contributed by atoms with Gasteiger partial charge < -0.3 is 14.5 Å². The van der Waals surface area contributed by atoms with Crippen LogP contribution in [0.3, 0.4) is 0 Å². The second kappa shape index (κ2) is 7.55. The van der Waals surface area contributed by atoms with E-state index in [2.05, 4.69) is 26.3 Å². The van der Waals surface area contributed by atoms with Crippen molar-refractivity contribution in [3.05, 3.63) is 69.8 Å². The summed E-state index contributed by atoms with van der Waals surface area (Å²) in [6, 6.07) is 10.5. The van der Waals surface area contributed by atoms with Crippen LogP contribution in [0.5, 0.6) is 5.75 Å². The minimum absolute atomic E-state index is 0.146. The summed E-state index contributed by atoms with van der Waals surface area (Å²) in [5, 5.41) is 7.39. The molecule has 0 unspecified atom stereocenters. The maximum absolute atomic E-state index is 12.0. The average Bonchev–Trinajstić information content (AvgIpc) is 3.23. The van der Waals surface area contributed by atoms with Crippen LogP contribution in [0, 0.1) is 0 Å². The molecule has 3 rings (SSSR count). The molecule has 124 valence electrons. The highest BCUT2D eigenvalue weighted by Crippen LogP contribution is 2.27. The minimum atomic E-state index is -0.285. The van der Waals surface area contributed by atoms with Gasteiger partial charge in [-0.15, -0.1) is 0 Å². The van der Waals surface area contributed by atoms with E-state index in [0.29, 0.717) is 28.8 Å². The second-order valence-corrected chi connectivity index (χ2v) is 6.17. The molecule has 0 saturated carbocycles. The van der Waals surface area contributed by atoms with Crippen molar-refractivity contribution in [1.82, 2.24) is 15.1 Å². The van der Waals surface area contributed by atoms with Crippen LogP contribution in [0.1, 0.15) is 16.2 Å². The highest BCUT2D eigenvalue weighted by atomic mass is 79.9. The molecule has 0 bridgehead atoms. The van der Waals surface area contributed by atoms with Crippen LogP contribution < -0.4 is 10.1 Å². The van der Waals surface area contributed by atoms with Crippen LogP contribution in [-0.2, 0) is 13.3 Å². The molecule has 1 amide bonds. The monoisotopic (exact) mass is 409 g/mol. The summed E-state index contributed by atoms with van der Waals surface area (Å²) >= 11 is 9.42. The van der Waals surface area contributed by atoms with Crippen LogP contribution in [0.15, 0.2) is 57.7 Å². The topological polar surface area (TPSA) is 69.3 Å². The highest BCUT2D eigenvalue weighted by Gasteiger charge is 2.10. The molecule has 2 aromatic heterocycles. The highest BCUT2D eigenvalue weighted by molar-refractivity contribution is 9.10. The average molecular weight is 411 g/mol. The van der Waals surface area contributed by atoms with Crippen molar-refractivity contribution in [3.8, 4) is 5.75 Å². The zero-order valence-electron chi connectivity index (χ0n) is 12.4. The number of aromatic nitrogens is 2. The summed E-state index contributed by atoms with van der Waals surface area (Å²) in [5.41, 5.74) is 0.298. The van der Waals surface area contributed by atoms with Gasteiger partial charge in [0.2, 0.25) is 0 Å². The molecule has 0 radical (unpaired) electrons. The molecule has 1 N–H and O–H groups in total. The molecule has 2 heterocycles. The number of benzene rings is 1. The lowest BCUT2D eigenvalue weighted by Crippen LogP contribution is -2.23. The summed E-state index contributed by atoms with van der Waals surface area (Å²) in [5.74, 6) is 0.932. The maximum Gasteiger partial charge on any atom is 0.272 e. The molecule has 24 heavy (non-hydrogen) atoms. The molecule has 1 aromatic carbocycles. The zero-order chi connectivity index (χ0) is 16.9. The zero-order valence-corrected chi connectivity index (χ0v) is 14.8. The van der Waals surface area contributed by atoms with Crippen molar-refractivity contribution in [3.63, 3.8) is 0 Å². The number of nitrogens with zero attached hydrogens (tertiary/aromatic N) is 2. The normalized spacial score (nSPS) is 10.6. The van der Waals surface area contributed by atoms with Crippen molar-refractivity contribution >= 4 is 33.4 Å². The van der Waals surface area contributed by atoms with E-state index >= 15 is 0 Å². The first-order valence-electron chi connectivity index (χ1n) is 7.04. The summed E-state index contributed by atoms with van der Waals surface area (Å²) in [6.07, 6.45) is 3.22. The van der Waals surface area contributed by atoms with E-state index in [4.69, 9.17) is 20.8 Å². The van der Waals surface area contributed by atoms with E-state index in [-0.39, 0.29) is 12.6 Å². The Morgan fingerprint density at radius 3 is 3.00 bits per heavy atom. The number of halogens is 2. The van der Waals surface area contributed by atoms with Gasteiger partial charge in [-0.05, 0) is 36.4 Å². The number of hydrogen-bond donors (Lipinski definition) is 1. The number of furan rings is 1. The molecule has 0 saturated heterocycles. The Balaban J connectivity index is 1.55. The lowest BCUT2D eigenvalue weighted by atomic mass is 10.3. The Kier molecular flexibility index (Phi) is 5.22. The van der Waals surface area contributed by atoms with Gasteiger partial charge in [0.25, 0.3) is 5.91 Å². The third-order valence-electron chi connectivity index (χ3n) is 3.12. The first-order valence-corrected chi connectivity index (χ1v) is 8.21. The molecule has 8 heteroatoms. The number of carbonyl (C=O) groups is 1. The summed E-state index contributed by atoms with van der Waals surface area (Å²) in [6.45, 7) is 0.455. The first-order chi connectivity index (χ1) is 11.6. The number of amides is 1. The van der Waals surface area contributed by atoms with Crippen LogP contribution >= 0.6 is 27.5 Å². The smallest absolute Gasteiger partial charge is 0.272 e. The first kappa shape index (κ1) is 16.6. The second-order valence-electron chi connectivity index (χ2n) is 4.85. The fourth-order valence-corrected chi connectivity index (χ4v) is 2.68. The van der Waals surface area contributed by atoms with Crippen molar-refractivity contribution in [1.29, 1.82) is 0 Å². The molecular formula is C16H13BrClN3O3. The van der Waals surface area contributed by atoms with Crippen LogP contribution in [-0.4, -0.2) is 15.7 Å².